The number of rotatable bonds is 5. The summed E-state index contributed by atoms with van der Waals surface area (Å²) in [5.74, 6) is 0.760. The van der Waals surface area contributed by atoms with Crippen molar-refractivity contribution in [3.05, 3.63) is 47.3 Å². The standard InChI is InChI=1S/C18H23N3O2/c1-13-17(14(2)23-20-13)21(3)12-16(22)19-18(10-7-11-18)15-8-5-4-6-9-15/h4-6,8-9H,7,10-12H2,1-3H3,(H,19,22). The van der Waals surface area contributed by atoms with Crippen LogP contribution in [0.1, 0.15) is 36.3 Å². The fourth-order valence-electron chi connectivity index (χ4n) is 3.40. The Labute approximate surface area is 136 Å². The first kappa shape index (κ1) is 15.6. The van der Waals surface area contributed by atoms with Crippen LogP contribution in [0.3, 0.4) is 0 Å². The van der Waals surface area contributed by atoms with E-state index in [4.69, 9.17) is 4.52 Å². The first-order chi connectivity index (χ1) is 11.0. The Kier molecular flexibility index (Phi) is 4.11. The van der Waals surface area contributed by atoms with Crippen molar-refractivity contribution in [2.75, 3.05) is 18.5 Å². The number of hydrogen-bond acceptors (Lipinski definition) is 4. The first-order valence-electron chi connectivity index (χ1n) is 8.02. The largest absolute Gasteiger partial charge is 0.361 e. The van der Waals surface area contributed by atoms with Crippen molar-refractivity contribution in [1.29, 1.82) is 0 Å². The molecule has 1 aromatic carbocycles. The summed E-state index contributed by atoms with van der Waals surface area (Å²) < 4.78 is 5.18. The van der Waals surface area contributed by atoms with Gasteiger partial charge in [-0.1, -0.05) is 35.5 Å². The summed E-state index contributed by atoms with van der Waals surface area (Å²) >= 11 is 0. The summed E-state index contributed by atoms with van der Waals surface area (Å²) in [4.78, 5) is 14.4. The van der Waals surface area contributed by atoms with Gasteiger partial charge in [-0.05, 0) is 38.7 Å². The fraction of sp³-hybridized carbons (Fsp3) is 0.444. The lowest BCUT2D eigenvalue weighted by Crippen LogP contribution is -2.53. The zero-order valence-electron chi connectivity index (χ0n) is 13.9. The Morgan fingerprint density at radius 3 is 2.52 bits per heavy atom. The number of hydrogen-bond donors (Lipinski definition) is 1. The van der Waals surface area contributed by atoms with Crippen LogP contribution in [0.4, 0.5) is 5.69 Å². The monoisotopic (exact) mass is 313 g/mol. The zero-order chi connectivity index (χ0) is 16.4. The van der Waals surface area contributed by atoms with E-state index < -0.39 is 0 Å². The SMILES string of the molecule is Cc1noc(C)c1N(C)CC(=O)NC1(c2ccccc2)CCC1. The van der Waals surface area contributed by atoms with Gasteiger partial charge in [-0.25, -0.2) is 0 Å². The zero-order valence-corrected chi connectivity index (χ0v) is 13.9. The van der Waals surface area contributed by atoms with Crippen LogP contribution in [-0.2, 0) is 10.3 Å². The van der Waals surface area contributed by atoms with Crippen LogP contribution >= 0.6 is 0 Å². The Morgan fingerprint density at radius 1 is 1.30 bits per heavy atom. The number of carbonyl (C=O) groups is 1. The highest BCUT2D eigenvalue weighted by Crippen LogP contribution is 2.41. The van der Waals surface area contributed by atoms with Gasteiger partial charge in [-0.3, -0.25) is 4.79 Å². The number of benzene rings is 1. The number of aryl methyl sites for hydroxylation is 2. The maximum atomic E-state index is 12.5. The maximum absolute atomic E-state index is 12.5. The average Bonchev–Trinajstić information content (AvgIpc) is 2.83. The predicted molar refractivity (Wildman–Crippen MR) is 89.4 cm³/mol. The second kappa shape index (κ2) is 6.07. The van der Waals surface area contributed by atoms with Gasteiger partial charge in [0.2, 0.25) is 5.91 Å². The molecule has 1 aliphatic carbocycles. The summed E-state index contributed by atoms with van der Waals surface area (Å²) in [6.45, 7) is 4.04. The average molecular weight is 313 g/mol. The van der Waals surface area contributed by atoms with Crippen LogP contribution in [0.25, 0.3) is 0 Å². The van der Waals surface area contributed by atoms with E-state index in [9.17, 15) is 4.79 Å². The highest BCUT2D eigenvalue weighted by atomic mass is 16.5. The normalized spacial score (nSPS) is 15.8. The predicted octanol–water partition coefficient (Wildman–Crippen LogP) is 2.92. The van der Waals surface area contributed by atoms with E-state index in [1.165, 1.54) is 5.56 Å². The molecule has 1 amide bonds. The van der Waals surface area contributed by atoms with Crippen LogP contribution in [0, 0.1) is 13.8 Å². The summed E-state index contributed by atoms with van der Waals surface area (Å²) in [6, 6.07) is 10.2. The molecule has 3 rings (SSSR count). The number of carbonyl (C=O) groups excluding carboxylic acids is 1. The van der Waals surface area contributed by atoms with Gasteiger partial charge in [-0.15, -0.1) is 0 Å². The van der Waals surface area contributed by atoms with E-state index in [1.807, 2.05) is 44.0 Å². The third kappa shape index (κ3) is 2.96. The third-order valence-corrected chi connectivity index (χ3v) is 4.67. The second-order valence-corrected chi connectivity index (χ2v) is 6.38. The molecule has 1 heterocycles. The van der Waals surface area contributed by atoms with Gasteiger partial charge in [0.25, 0.3) is 0 Å². The van der Waals surface area contributed by atoms with Crippen molar-refractivity contribution >= 4 is 11.6 Å². The van der Waals surface area contributed by atoms with E-state index in [2.05, 4.69) is 22.6 Å². The molecule has 0 unspecified atom stereocenters. The quantitative estimate of drug-likeness (QED) is 0.922. The second-order valence-electron chi connectivity index (χ2n) is 6.38. The van der Waals surface area contributed by atoms with Crippen LogP contribution in [0.15, 0.2) is 34.9 Å². The van der Waals surface area contributed by atoms with Gasteiger partial charge >= 0.3 is 0 Å². The van der Waals surface area contributed by atoms with Crippen molar-refractivity contribution in [2.45, 2.75) is 38.6 Å². The van der Waals surface area contributed by atoms with Crippen molar-refractivity contribution in [3.8, 4) is 0 Å². The van der Waals surface area contributed by atoms with Crippen LogP contribution in [0.2, 0.25) is 0 Å². The number of amides is 1. The van der Waals surface area contributed by atoms with Crippen LogP contribution in [0.5, 0.6) is 0 Å². The molecule has 2 aromatic rings. The van der Waals surface area contributed by atoms with Gasteiger partial charge in [0.15, 0.2) is 5.76 Å². The van der Waals surface area contributed by atoms with Crippen LogP contribution in [-0.4, -0.2) is 24.7 Å². The minimum atomic E-state index is -0.197. The Morgan fingerprint density at radius 2 is 2.00 bits per heavy atom. The van der Waals surface area contributed by atoms with Gasteiger partial charge in [0, 0.05) is 7.05 Å². The number of aromatic nitrogens is 1. The lowest BCUT2D eigenvalue weighted by Gasteiger charge is -2.43. The molecule has 0 bridgehead atoms. The molecule has 23 heavy (non-hydrogen) atoms. The van der Waals surface area contributed by atoms with Crippen LogP contribution < -0.4 is 10.2 Å². The van der Waals surface area contributed by atoms with Crippen molar-refractivity contribution in [2.24, 2.45) is 0 Å². The topological polar surface area (TPSA) is 58.4 Å². The van der Waals surface area contributed by atoms with E-state index >= 15 is 0 Å². The Hall–Kier alpha value is -2.30. The molecule has 5 nitrogen and oxygen atoms in total. The molecule has 122 valence electrons. The lowest BCUT2D eigenvalue weighted by atomic mass is 9.72. The Balaban J connectivity index is 1.69. The first-order valence-corrected chi connectivity index (χ1v) is 8.02. The van der Waals surface area contributed by atoms with Gasteiger partial charge in [-0.2, -0.15) is 0 Å². The molecule has 1 saturated carbocycles. The molecular formula is C18H23N3O2. The van der Waals surface area contributed by atoms with Gasteiger partial charge in [0.05, 0.1) is 12.1 Å². The highest BCUT2D eigenvalue weighted by molar-refractivity contribution is 5.82. The molecule has 1 N–H and O–H groups in total. The third-order valence-electron chi connectivity index (χ3n) is 4.67. The molecule has 1 fully saturated rings. The molecule has 0 aliphatic heterocycles. The highest BCUT2D eigenvalue weighted by Gasteiger charge is 2.39. The summed E-state index contributed by atoms with van der Waals surface area (Å²) in [7, 11) is 1.89. The van der Waals surface area contributed by atoms with Crippen molar-refractivity contribution < 1.29 is 9.32 Å². The molecular weight excluding hydrogens is 290 g/mol. The number of anilines is 1. The van der Waals surface area contributed by atoms with Gasteiger partial charge < -0.3 is 14.7 Å². The number of likely N-dealkylation sites (N-methyl/N-ethyl adjacent to an activating group) is 1. The fourth-order valence-corrected chi connectivity index (χ4v) is 3.40. The van der Waals surface area contributed by atoms with Crippen molar-refractivity contribution in [1.82, 2.24) is 10.5 Å². The van der Waals surface area contributed by atoms with E-state index in [0.717, 1.165) is 36.4 Å². The minimum Gasteiger partial charge on any atom is -0.361 e. The minimum absolute atomic E-state index is 0.0241. The van der Waals surface area contributed by atoms with E-state index in [-0.39, 0.29) is 18.0 Å². The molecule has 1 aromatic heterocycles. The van der Waals surface area contributed by atoms with E-state index in [0.29, 0.717) is 0 Å². The number of nitrogens with zero attached hydrogens (tertiary/aromatic N) is 2. The summed E-state index contributed by atoms with van der Waals surface area (Å²) in [5.41, 5.74) is 2.69. The van der Waals surface area contributed by atoms with E-state index in [1.54, 1.807) is 0 Å². The Bertz CT molecular complexity index is 670. The molecule has 0 spiro atoms. The smallest absolute Gasteiger partial charge is 0.240 e. The molecule has 0 saturated heterocycles. The summed E-state index contributed by atoms with van der Waals surface area (Å²) in [6.07, 6.45) is 3.14. The molecule has 0 radical (unpaired) electrons. The summed E-state index contributed by atoms with van der Waals surface area (Å²) in [5, 5.41) is 7.19. The molecule has 0 atom stereocenters. The molecule has 1 aliphatic rings. The maximum Gasteiger partial charge on any atom is 0.240 e. The van der Waals surface area contributed by atoms with Crippen molar-refractivity contribution in [3.63, 3.8) is 0 Å². The molecule has 5 heteroatoms. The number of nitrogens with one attached hydrogen (secondary N) is 1. The lowest BCUT2D eigenvalue weighted by molar-refractivity contribution is -0.123. The van der Waals surface area contributed by atoms with Gasteiger partial charge in [0.1, 0.15) is 11.4 Å².